The molecule has 2 rings (SSSR count). The summed E-state index contributed by atoms with van der Waals surface area (Å²) in [6, 6.07) is 13.8. The van der Waals surface area contributed by atoms with Gasteiger partial charge in [-0.3, -0.25) is 9.59 Å². The predicted octanol–water partition coefficient (Wildman–Crippen LogP) is 3.25. The lowest BCUT2D eigenvalue weighted by atomic mass is 10.1. The van der Waals surface area contributed by atoms with Crippen molar-refractivity contribution in [3.8, 4) is 0 Å². The van der Waals surface area contributed by atoms with Gasteiger partial charge in [-0.15, -0.1) is 11.3 Å². The Balaban J connectivity index is 1.91. The summed E-state index contributed by atoms with van der Waals surface area (Å²) in [4.78, 5) is 24.3. The first-order valence-electron chi connectivity index (χ1n) is 7.23. The van der Waals surface area contributed by atoms with Gasteiger partial charge in [0.2, 0.25) is 5.91 Å². The molecule has 0 aliphatic carbocycles. The maximum Gasteiger partial charge on any atom is 0.306 e. The zero-order chi connectivity index (χ0) is 16.5. The molecule has 0 saturated carbocycles. The van der Waals surface area contributed by atoms with Crippen LogP contribution in [0.2, 0.25) is 0 Å². The lowest BCUT2D eigenvalue weighted by Gasteiger charge is -2.18. The van der Waals surface area contributed by atoms with E-state index in [0.29, 0.717) is 17.9 Å². The number of esters is 1. The molecule has 2 aromatic rings. The van der Waals surface area contributed by atoms with Gasteiger partial charge in [0.25, 0.3) is 0 Å². The van der Waals surface area contributed by atoms with Crippen LogP contribution in [0.3, 0.4) is 0 Å². The fraction of sp³-hybridized carbons (Fsp3) is 0.294. The van der Waals surface area contributed by atoms with Crippen molar-refractivity contribution < 1.29 is 14.3 Å². The number of carbonyl (C=O) groups excluding carboxylic acids is 2. The number of ether oxygens (including phenoxy) is 1. The number of thioether (sulfide) groups is 1. The Kier molecular flexibility index (Phi) is 7.16. The Bertz CT molecular complexity index is 614. The molecule has 0 spiro atoms. The zero-order valence-electron chi connectivity index (χ0n) is 12.9. The van der Waals surface area contributed by atoms with Crippen molar-refractivity contribution in [2.24, 2.45) is 0 Å². The van der Waals surface area contributed by atoms with Gasteiger partial charge in [0, 0.05) is 10.6 Å². The lowest BCUT2D eigenvalue weighted by Crippen LogP contribution is -2.30. The normalized spacial score (nSPS) is 11.7. The summed E-state index contributed by atoms with van der Waals surface area (Å²) in [6.07, 6.45) is 0.321. The Morgan fingerprint density at radius 1 is 1.22 bits per heavy atom. The van der Waals surface area contributed by atoms with Crippen LogP contribution in [0.5, 0.6) is 0 Å². The molecule has 1 atom stereocenters. The zero-order valence-corrected chi connectivity index (χ0v) is 14.5. The van der Waals surface area contributed by atoms with E-state index >= 15 is 0 Å². The number of benzene rings is 1. The van der Waals surface area contributed by atoms with Gasteiger partial charge in [-0.05, 0) is 17.0 Å². The third-order valence-electron chi connectivity index (χ3n) is 3.18. The maximum absolute atomic E-state index is 12.2. The lowest BCUT2D eigenvalue weighted by molar-refractivity contribution is -0.140. The second-order valence-electron chi connectivity index (χ2n) is 4.81. The van der Waals surface area contributed by atoms with E-state index < -0.39 is 0 Å². The third-order valence-corrected chi connectivity index (χ3v) is 5.07. The number of carbonyl (C=O) groups is 2. The molecule has 0 fully saturated rings. The molecule has 23 heavy (non-hydrogen) atoms. The average molecular weight is 349 g/mol. The molecule has 1 aromatic carbocycles. The average Bonchev–Trinajstić information content (AvgIpc) is 3.11. The second-order valence-corrected chi connectivity index (χ2v) is 6.89. The van der Waals surface area contributed by atoms with Crippen LogP contribution >= 0.6 is 23.1 Å². The minimum atomic E-state index is -0.251. The minimum absolute atomic E-state index is 0.0397. The number of thiophene rings is 1. The molecule has 1 amide bonds. The van der Waals surface area contributed by atoms with E-state index in [0.717, 1.165) is 10.4 Å². The standard InChI is InChI=1S/C17H19NO3S2/c1-21-16(20)9-11-22-12-15(19)18-17(14-8-5-10-23-14)13-6-3-2-4-7-13/h2-8,10,17H,9,11-12H2,1H3,(H,18,19)/t17-/m0/s1. The van der Waals surface area contributed by atoms with E-state index in [9.17, 15) is 9.59 Å². The van der Waals surface area contributed by atoms with Crippen molar-refractivity contribution in [2.45, 2.75) is 12.5 Å². The number of amides is 1. The molecular weight excluding hydrogens is 330 g/mol. The SMILES string of the molecule is COC(=O)CCSCC(=O)N[C@@H](c1ccccc1)c1cccs1. The van der Waals surface area contributed by atoms with Gasteiger partial charge in [0.15, 0.2) is 0 Å². The molecule has 6 heteroatoms. The first-order chi connectivity index (χ1) is 11.2. The third kappa shape index (κ3) is 5.73. The Labute approximate surface area is 144 Å². The molecule has 0 unspecified atom stereocenters. The Morgan fingerprint density at radius 2 is 2.00 bits per heavy atom. The van der Waals surface area contributed by atoms with Gasteiger partial charge in [-0.1, -0.05) is 36.4 Å². The highest BCUT2D eigenvalue weighted by molar-refractivity contribution is 7.99. The second kappa shape index (κ2) is 9.37. The largest absolute Gasteiger partial charge is 0.469 e. The monoisotopic (exact) mass is 349 g/mol. The molecular formula is C17H19NO3S2. The summed E-state index contributed by atoms with van der Waals surface area (Å²) in [7, 11) is 1.37. The highest BCUT2D eigenvalue weighted by atomic mass is 32.2. The van der Waals surface area contributed by atoms with Crippen LogP contribution in [0.15, 0.2) is 47.8 Å². The quantitative estimate of drug-likeness (QED) is 0.587. The number of hydrogen-bond donors (Lipinski definition) is 1. The first-order valence-corrected chi connectivity index (χ1v) is 9.26. The topological polar surface area (TPSA) is 55.4 Å². The van der Waals surface area contributed by atoms with Crippen molar-refractivity contribution in [2.75, 3.05) is 18.6 Å². The molecule has 1 heterocycles. The smallest absolute Gasteiger partial charge is 0.306 e. The molecule has 0 bridgehead atoms. The van der Waals surface area contributed by atoms with Crippen molar-refractivity contribution in [1.29, 1.82) is 0 Å². The van der Waals surface area contributed by atoms with Crippen LogP contribution < -0.4 is 5.32 Å². The molecule has 1 N–H and O–H groups in total. The molecule has 0 saturated heterocycles. The summed E-state index contributed by atoms with van der Waals surface area (Å²) in [6.45, 7) is 0. The number of methoxy groups -OCH3 is 1. The van der Waals surface area contributed by atoms with Gasteiger partial charge >= 0.3 is 5.97 Å². The van der Waals surface area contributed by atoms with Crippen LogP contribution in [0.4, 0.5) is 0 Å². The van der Waals surface area contributed by atoms with Crippen LogP contribution in [-0.2, 0) is 14.3 Å². The highest BCUT2D eigenvalue weighted by Crippen LogP contribution is 2.26. The van der Waals surface area contributed by atoms with E-state index in [2.05, 4.69) is 10.1 Å². The van der Waals surface area contributed by atoms with E-state index in [1.54, 1.807) is 11.3 Å². The summed E-state index contributed by atoms with van der Waals surface area (Å²) in [5, 5.41) is 5.07. The van der Waals surface area contributed by atoms with Crippen molar-refractivity contribution in [3.05, 3.63) is 58.3 Å². The van der Waals surface area contributed by atoms with E-state index in [1.165, 1.54) is 18.9 Å². The van der Waals surface area contributed by atoms with E-state index in [-0.39, 0.29) is 17.9 Å². The van der Waals surface area contributed by atoms with E-state index in [4.69, 9.17) is 0 Å². The Hall–Kier alpha value is -1.79. The molecule has 4 nitrogen and oxygen atoms in total. The van der Waals surface area contributed by atoms with Gasteiger partial charge < -0.3 is 10.1 Å². The van der Waals surface area contributed by atoms with Gasteiger partial charge in [-0.2, -0.15) is 11.8 Å². The van der Waals surface area contributed by atoms with Gasteiger partial charge in [0.05, 0.1) is 25.3 Å². The van der Waals surface area contributed by atoms with E-state index in [1.807, 2.05) is 47.8 Å². The molecule has 1 aromatic heterocycles. The van der Waals surface area contributed by atoms with Crippen LogP contribution in [0.25, 0.3) is 0 Å². The fourth-order valence-electron chi connectivity index (χ4n) is 2.04. The number of nitrogens with one attached hydrogen (secondary N) is 1. The summed E-state index contributed by atoms with van der Waals surface area (Å²) in [5.41, 5.74) is 1.06. The van der Waals surface area contributed by atoms with Crippen LogP contribution in [0, 0.1) is 0 Å². The molecule has 0 radical (unpaired) electrons. The Morgan fingerprint density at radius 3 is 2.65 bits per heavy atom. The van der Waals surface area contributed by atoms with Crippen molar-refractivity contribution >= 4 is 35.0 Å². The summed E-state index contributed by atoms with van der Waals surface area (Å²) < 4.78 is 4.58. The van der Waals surface area contributed by atoms with Crippen LogP contribution in [0.1, 0.15) is 22.9 Å². The maximum atomic E-state index is 12.2. The fourth-order valence-corrected chi connectivity index (χ4v) is 3.57. The van der Waals surface area contributed by atoms with Crippen molar-refractivity contribution in [3.63, 3.8) is 0 Å². The number of rotatable bonds is 8. The van der Waals surface area contributed by atoms with Crippen LogP contribution in [-0.4, -0.2) is 30.5 Å². The summed E-state index contributed by atoms with van der Waals surface area (Å²) in [5.74, 6) is 0.613. The first kappa shape index (κ1) is 17.6. The summed E-state index contributed by atoms with van der Waals surface area (Å²) >= 11 is 3.05. The van der Waals surface area contributed by atoms with Crippen molar-refractivity contribution in [1.82, 2.24) is 5.32 Å². The van der Waals surface area contributed by atoms with Gasteiger partial charge in [0.1, 0.15) is 0 Å². The molecule has 0 aliphatic heterocycles. The predicted molar refractivity (Wildman–Crippen MR) is 94.7 cm³/mol. The van der Waals surface area contributed by atoms with Gasteiger partial charge in [-0.25, -0.2) is 0 Å². The number of hydrogen-bond acceptors (Lipinski definition) is 5. The minimum Gasteiger partial charge on any atom is -0.469 e. The molecule has 122 valence electrons. The highest BCUT2D eigenvalue weighted by Gasteiger charge is 2.17. The molecule has 0 aliphatic rings.